The van der Waals surface area contributed by atoms with Crippen molar-refractivity contribution >= 4 is 22.4 Å². The topological polar surface area (TPSA) is 113 Å². The van der Waals surface area contributed by atoms with Crippen molar-refractivity contribution in [2.45, 2.75) is 13.5 Å². The van der Waals surface area contributed by atoms with Crippen LogP contribution in [0.3, 0.4) is 0 Å². The summed E-state index contributed by atoms with van der Waals surface area (Å²) < 4.78 is 1.57. The van der Waals surface area contributed by atoms with Crippen molar-refractivity contribution in [3.05, 3.63) is 56.3 Å². The molecule has 0 amide bonds. The molecular weight excluding hydrogens is 362 g/mol. The number of aryl methyl sites for hydroxylation is 2. The summed E-state index contributed by atoms with van der Waals surface area (Å²) in [5.74, 6) is 1.17. The fraction of sp³-hybridized carbons (Fsp3) is 0.389. The van der Waals surface area contributed by atoms with Crippen molar-refractivity contribution in [2.24, 2.45) is 7.05 Å². The van der Waals surface area contributed by atoms with E-state index in [4.69, 9.17) is 0 Å². The van der Waals surface area contributed by atoms with E-state index in [9.17, 15) is 14.9 Å². The minimum atomic E-state index is -0.367. The van der Waals surface area contributed by atoms with Crippen LogP contribution in [-0.4, -0.2) is 55.8 Å². The first-order chi connectivity index (χ1) is 13.4. The number of fused-ring (bicyclic) bond motifs is 1. The Kier molecular flexibility index (Phi) is 4.55. The number of piperazine rings is 1. The molecule has 3 heterocycles. The second-order valence-electron chi connectivity index (χ2n) is 6.93. The second kappa shape index (κ2) is 7.04. The summed E-state index contributed by atoms with van der Waals surface area (Å²) >= 11 is 0. The van der Waals surface area contributed by atoms with Gasteiger partial charge in [0, 0.05) is 33.2 Å². The van der Waals surface area contributed by atoms with Crippen LogP contribution >= 0.6 is 0 Å². The van der Waals surface area contributed by atoms with E-state index in [-0.39, 0.29) is 16.2 Å². The number of aromatic amines is 1. The number of nitrogens with one attached hydrogen (secondary N) is 1. The van der Waals surface area contributed by atoms with Crippen molar-refractivity contribution in [3.8, 4) is 0 Å². The van der Waals surface area contributed by atoms with Crippen LogP contribution in [0.15, 0.2) is 29.1 Å². The van der Waals surface area contributed by atoms with Gasteiger partial charge >= 0.3 is 5.69 Å². The number of nitrogens with zero attached hydrogens (tertiary/aromatic N) is 6. The molecule has 0 saturated carbocycles. The molecular formula is C18H21N7O3. The van der Waals surface area contributed by atoms with Gasteiger partial charge in [-0.2, -0.15) is 5.10 Å². The number of H-pyrrole nitrogens is 1. The zero-order valence-electron chi connectivity index (χ0n) is 15.8. The first-order valence-corrected chi connectivity index (χ1v) is 9.07. The number of hydrogen-bond donors (Lipinski definition) is 1. The number of benzene rings is 1. The van der Waals surface area contributed by atoms with E-state index in [0.29, 0.717) is 61.0 Å². The lowest BCUT2D eigenvalue weighted by Crippen LogP contribution is -2.47. The van der Waals surface area contributed by atoms with E-state index in [1.807, 2.05) is 23.1 Å². The standard InChI is InChI=1S/C18H21N7O3/c1-12-16(25(27)28)18(22(2)21-12)24-9-7-23(8-10-24)11-15-19-14-6-4-3-5-13(14)17(26)20-15/h3-6H,7-11H2,1-2H3,(H,19,20,26). The summed E-state index contributed by atoms with van der Waals surface area (Å²) in [6.07, 6.45) is 0. The molecule has 28 heavy (non-hydrogen) atoms. The maximum atomic E-state index is 12.2. The van der Waals surface area contributed by atoms with Crippen LogP contribution in [0, 0.1) is 17.0 Å². The van der Waals surface area contributed by atoms with E-state index in [1.165, 1.54) is 0 Å². The lowest BCUT2D eigenvalue weighted by molar-refractivity contribution is -0.384. The van der Waals surface area contributed by atoms with Crippen LogP contribution in [0.2, 0.25) is 0 Å². The highest BCUT2D eigenvalue weighted by molar-refractivity contribution is 5.77. The normalized spacial score (nSPS) is 15.3. The first-order valence-electron chi connectivity index (χ1n) is 9.07. The molecule has 4 rings (SSSR count). The molecule has 146 valence electrons. The van der Waals surface area contributed by atoms with Gasteiger partial charge in [-0.15, -0.1) is 0 Å². The number of aromatic nitrogens is 4. The van der Waals surface area contributed by atoms with Crippen molar-refractivity contribution in [2.75, 3.05) is 31.1 Å². The van der Waals surface area contributed by atoms with Gasteiger partial charge in [0.25, 0.3) is 5.56 Å². The highest BCUT2D eigenvalue weighted by atomic mass is 16.6. The summed E-state index contributed by atoms with van der Waals surface area (Å²) in [5, 5.41) is 16.2. The molecule has 0 bridgehead atoms. The predicted octanol–water partition coefficient (Wildman–Crippen LogP) is 1.20. The number of hydrogen-bond acceptors (Lipinski definition) is 7. The summed E-state index contributed by atoms with van der Waals surface area (Å²) in [5.41, 5.74) is 1.03. The Balaban J connectivity index is 1.48. The molecule has 0 atom stereocenters. The van der Waals surface area contributed by atoms with Crippen molar-refractivity contribution in [1.29, 1.82) is 0 Å². The second-order valence-corrected chi connectivity index (χ2v) is 6.93. The monoisotopic (exact) mass is 383 g/mol. The molecule has 1 aliphatic rings. The van der Waals surface area contributed by atoms with Gasteiger partial charge < -0.3 is 9.88 Å². The van der Waals surface area contributed by atoms with Crippen molar-refractivity contribution in [1.82, 2.24) is 24.6 Å². The van der Waals surface area contributed by atoms with Gasteiger partial charge in [0.15, 0.2) is 0 Å². The van der Waals surface area contributed by atoms with Gasteiger partial charge in [0.2, 0.25) is 5.82 Å². The van der Waals surface area contributed by atoms with Crippen LogP contribution < -0.4 is 10.5 Å². The van der Waals surface area contributed by atoms with Crippen LogP contribution in [-0.2, 0) is 13.6 Å². The average Bonchev–Trinajstić information content (AvgIpc) is 2.96. The molecule has 1 N–H and O–H groups in total. The molecule has 0 aliphatic carbocycles. The summed E-state index contributed by atoms with van der Waals surface area (Å²) in [6.45, 7) is 4.87. The number of nitro groups is 1. The van der Waals surface area contributed by atoms with Gasteiger partial charge in [-0.25, -0.2) is 9.67 Å². The number of rotatable bonds is 4. The average molecular weight is 383 g/mol. The Bertz CT molecular complexity index is 1100. The third-order valence-corrected chi connectivity index (χ3v) is 5.05. The molecule has 10 nitrogen and oxygen atoms in total. The molecule has 3 aromatic rings. The van der Waals surface area contributed by atoms with E-state index in [2.05, 4.69) is 20.0 Å². The predicted molar refractivity (Wildman–Crippen MR) is 104 cm³/mol. The Morgan fingerprint density at radius 3 is 2.64 bits per heavy atom. The Morgan fingerprint density at radius 1 is 1.21 bits per heavy atom. The Labute approximate surface area is 160 Å². The molecule has 1 aromatic carbocycles. The van der Waals surface area contributed by atoms with E-state index >= 15 is 0 Å². The van der Waals surface area contributed by atoms with Gasteiger partial charge in [-0.3, -0.25) is 19.8 Å². The van der Waals surface area contributed by atoms with Crippen LogP contribution in [0.5, 0.6) is 0 Å². The van der Waals surface area contributed by atoms with Gasteiger partial charge in [0.05, 0.1) is 22.4 Å². The number of anilines is 1. The summed E-state index contributed by atoms with van der Waals surface area (Å²) in [6, 6.07) is 7.26. The lowest BCUT2D eigenvalue weighted by atomic mass is 10.2. The van der Waals surface area contributed by atoms with Crippen molar-refractivity contribution < 1.29 is 4.92 Å². The van der Waals surface area contributed by atoms with Gasteiger partial charge in [0.1, 0.15) is 11.5 Å². The van der Waals surface area contributed by atoms with Crippen LogP contribution in [0.25, 0.3) is 10.9 Å². The van der Waals surface area contributed by atoms with Crippen LogP contribution in [0.1, 0.15) is 11.5 Å². The molecule has 1 aliphatic heterocycles. The summed E-state index contributed by atoms with van der Waals surface area (Å²) in [7, 11) is 1.73. The molecule has 10 heteroatoms. The third-order valence-electron chi connectivity index (χ3n) is 5.05. The zero-order chi connectivity index (χ0) is 19.8. The maximum absolute atomic E-state index is 12.2. The Hall–Kier alpha value is -3.27. The molecule has 0 radical (unpaired) electrons. The number of para-hydroxylation sites is 1. The lowest BCUT2D eigenvalue weighted by Gasteiger charge is -2.35. The fourth-order valence-electron chi connectivity index (χ4n) is 3.74. The fourth-order valence-corrected chi connectivity index (χ4v) is 3.74. The maximum Gasteiger partial charge on any atom is 0.333 e. The van der Waals surface area contributed by atoms with Crippen molar-refractivity contribution in [3.63, 3.8) is 0 Å². The SMILES string of the molecule is Cc1nn(C)c(N2CCN(Cc3nc4ccccc4c(=O)[nH]3)CC2)c1[N+](=O)[O-]. The molecule has 0 unspecified atom stereocenters. The molecule has 0 spiro atoms. The molecule has 2 aromatic heterocycles. The minimum absolute atomic E-state index is 0.0662. The quantitative estimate of drug-likeness (QED) is 0.532. The minimum Gasteiger partial charge on any atom is -0.349 e. The first kappa shape index (κ1) is 18.1. The van der Waals surface area contributed by atoms with Crippen LogP contribution in [0.4, 0.5) is 11.5 Å². The van der Waals surface area contributed by atoms with Gasteiger partial charge in [-0.05, 0) is 19.1 Å². The zero-order valence-corrected chi connectivity index (χ0v) is 15.8. The largest absolute Gasteiger partial charge is 0.349 e. The molecule has 1 saturated heterocycles. The molecule has 1 fully saturated rings. The smallest absolute Gasteiger partial charge is 0.333 e. The van der Waals surface area contributed by atoms with Gasteiger partial charge in [-0.1, -0.05) is 12.1 Å². The van der Waals surface area contributed by atoms with E-state index in [0.717, 1.165) is 0 Å². The highest BCUT2D eigenvalue weighted by Gasteiger charge is 2.30. The third kappa shape index (κ3) is 3.22. The summed E-state index contributed by atoms with van der Waals surface area (Å²) in [4.78, 5) is 34.8. The highest BCUT2D eigenvalue weighted by Crippen LogP contribution is 2.31. The van der Waals surface area contributed by atoms with E-state index in [1.54, 1.807) is 24.7 Å². The Morgan fingerprint density at radius 2 is 1.93 bits per heavy atom. The van der Waals surface area contributed by atoms with E-state index < -0.39 is 0 Å².